The van der Waals surface area contributed by atoms with Crippen LogP contribution in [0.1, 0.15) is 24.8 Å². The number of benzene rings is 1. The monoisotopic (exact) mass is 284 g/mol. The number of nitrogens with one attached hydrogen (secondary N) is 1. The Labute approximate surface area is 119 Å². The number of rotatable bonds is 8. The third-order valence-electron chi connectivity index (χ3n) is 2.68. The number of hydrogen-bond acceptors (Lipinski definition) is 3. The number of halogens is 1. The second-order valence-corrected chi connectivity index (χ2v) is 4.71. The summed E-state index contributed by atoms with van der Waals surface area (Å²) in [5.41, 5.74) is 6.66. The van der Waals surface area contributed by atoms with Gasteiger partial charge >= 0.3 is 6.09 Å². The summed E-state index contributed by atoms with van der Waals surface area (Å²) in [6.45, 7) is 0.895. The van der Waals surface area contributed by atoms with Crippen LogP contribution in [0, 0.1) is 0 Å². The van der Waals surface area contributed by atoms with Gasteiger partial charge in [-0.3, -0.25) is 0 Å². The molecule has 1 aromatic carbocycles. The second kappa shape index (κ2) is 9.64. The number of carbonyl (C=O) groups is 1. The van der Waals surface area contributed by atoms with E-state index in [0.29, 0.717) is 19.0 Å². The number of hydrogen-bond donors (Lipinski definition) is 2. The van der Waals surface area contributed by atoms with E-state index in [9.17, 15) is 4.79 Å². The predicted molar refractivity (Wildman–Crippen MR) is 77.2 cm³/mol. The van der Waals surface area contributed by atoms with Crippen LogP contribution in [-0.2, 0) is 11.3 Å². The lowest BCUT2D eigenvalue weighted by Crippen LogP contribution is -2.26. The van der Waals surface area contributed by atoms with E-state index < -0.39 is 0 Å². The van der Waals surface area contributed by atoms with Crippen molar-refractivity contribution in [3.8, 4) is 0 Å². The van der Waals surface area contributed by atoms with Crippen LogP contribution in [0.5, 0.6) is 0 Å². The molecule has 1 amide bonds. The first-order valence-corrected chi connectivity index (χ1v) is 7.02. The second-order valence-electron chi connectivity index (χ2n) is 4.40. The lowest BCUT2D eigenvalue weighted by Gasteiger charge is -2.08. The summed E-state index contributed by atoms with van der Waals surface area (Å²) in [7, 11) is 0. The number of ether oxygens (including phenoxy) is 1. The molecule has 5 heteroatoms. The van der Waals surface area contributed by atoms with Gasteiger partial charge in [0.2, 0.25) is 0 Å². The van der Waals surface area contributed by atoms with Crippen molar-refractivity contribution < 1.29 is 9.53 Å². The third-order valence-corrected chi connectivity index (χ3v) is 3.08. The summed E-state index contributed by atoms with van der Waals surface area (Å²) >= 11 is 5.60. The number of unbranched alkanes of at least 4 members (excludes halogenated alkanes) is 1. The molecular weight excluding hydrogens is 264 g/mol. The Kier molecular flexibility index (Phi) is 8.02. The van der Waals surface area contributed by atoms with Gasteiger partial charge in [-0.15, -0.1) is 11.6 Å². The summed E-state index contributed by atoms with van der Waals surface area (Å²) in [5, 5.41) is 2.71. The molecule has 0 fully saturated rings. The van der Waals surface area contributed by atoms with Crippen molar-refractivity contribution in [2.24, 2.45) is 5.73 Å². The molecule has 4 nitrogen and oxygen atoms in total. The molecule has 1 aromatic rings. The highest BCUT2D eigenvalue weighted by atomic mass is 35.5. The fourth-order valence-electron chi connectivity index (χ4n) is 1.57. The third kappa shape index (κ3) is 7.70. The topological polar surface area (TPSA) is 64.3 Å². The lowest BCUT2D eigenvalue weighted by molar-refractivity contribution is 0.139. The zero-order chi connectivity index (χ0) is 13.9. The van der Waals surface area contributed by atoms with Crippen LogP contribution in [0.25, 0.3) is 0 Å². The van der Waals surface area contributed by atoms with E-state index >= 15 is 0 Å². The molecule has 0 unspecified atom stereocenters. The molecule has 0 spiro atoms. The van der Waals surface area contributed by atoms with Gasteiger partial charge in [0.25, 0.3) is 0 Å². The quantitative estimate of drug-likeness (QED) is 0.570. The van der Waals surface area contributed by atoms with Crippen LogP contribution in [0.3, 0.4) is 0 Å². The molecule has 1 rings (SSSR count). The smallest absolute Gasteiger partial charge is 0.407 e. The minimum atomic E-state index is -0.384. The highest BCUT2D eigenvalue weighted by molar-refractivity contribution is 6.18. The number of alkyl halides is 1. The van der Waals surface area contributed by atoms with Crippen LogP contribution >= 0.6 is 11.6 Å². The van der Waals surface area contributed by atoms with Crippen molar-refractivity contribution in [1.82, 2.24) is 5.32 Å². The summed E-state index contributed by atoms with van der Waals surface area (Å²) in [5.74, 6) is 0.479. The first-order valence-electron chi connectivity index (χ1n) is 6.48. The van der Waals surface area contributed by atoms with Gasteiger partial charge in [0.05, 0.1) is 0 Å². The van der Waals surface area contributed by atoms with Crippen molar-refractivity contribution in [3.05, 3.63) is 35.9 Å². The minimum absolute atomic E-state index is 0.0479. The van der Waals surface area contributed by atoms with Crippen molar-refractivity contribution >= 4 is 17.7 Å². The molecule has 19 heavy (non-hydrogen) atoms. The molecule has 3 N–H and O–H groups in total. The van der Waals surface area contributed by atoms with Gasteiger partial charge in [-0.05, 0) is 18.4 Å². The molecule has 0 aliphatic heterocycles. The summed E-state index contributed by atoms with van der Waals surface area (Å²) < 4.78 is 5.08. The van der Waals surface area contributed by atoms with Crippen molar-refractivity contribution in [2.75, 3.05) is 12.4 Å². The largest absolute Gasteiger partial charge is 0.445 e. The van der Waals surface area contributed by atoms with Crippen LogP contribution in [0.15, 0.2) is 30.3 Å². The summed E-state index contributed by atoms with van der Waals surface area (Å²) in [4.78, 5) is 11.4. The minimum Gasteiger partial charge on any atom is -0.445 e. The van der Waals surface area contributed by atoms with Crippen molar-refractivity contribution in [3.63, 3.8) is 0 Å². The van der Waals surface area contributed by atoms with Gasteiger partial charge in [-0.25, -0.2) is 4.79 Å². The molecule has 0 aliphatic rings. The molecule has 0 saturated heterocycles. The number of amides is 1. The van der Waals surface area contributed by atoms with Crippen LogP contribution < -0.4 is 11.1 Å². The van der Waals surface area contributed by atoms with E-state index in [1.54, 1.807) is 0 Å². The van der Waals surface area contributed by atoms with E-state index in [4.69, 9.17) is 22.1 Å². The molecule has 0 saturated carbocycles. The molecule has 106 valence electrons. The Morgan fingerprint density at radius 1 is 1.32 bits per heavy atom. The maximum atomic E-state index is 11.4. The average molecular weight is 285 g/mol. The number of carbonyl (C=O) groups excluding carboxylic acids is 1. The lowest BCUT2D eigenvalue weighted by atomic mass is 10.1. The highest BCUT2D eigenvalue weighted by Gasteiger charge is 2.03. The standard InChI is InChI=1S/C14H21ClN2O2/c15-10-13(16)8-4-5-9-17-14(18)19-11-12-6-2-1-3-7-12/h1-3,6-7,13H,4-5,8-11,16H2,(H,17,18)/t13-/m0/s1. The first-order chi connectivity index (χ1) is 9.22. The number of alkyl carbamates (subject to hydrolysis) is 1. The Bertz CT molecular complexity index is 360. The summed E-state index contributed by atoms with van der Waals surface area (Å²) in [6.07, 6.45) is 2.33. The Morgan fingerprint density at radius 3 is 2.74 bits per heavy atom. The van der Waals surface area contributed by atoms with Gasteiger partial charge in [-0.1, -0.05) is 36.8 Å². The van der Waals surface area contributed by atoms with E-state index in [0.717, 1.165) is 24.8 Å². The van der Waals surface area contributed by atoms with E-state index in [2.05, 4.69) is 5.32 Å². The zero-order valence-electron chi connectivity index (χ0n) is 11.0. The van der Waals surface area contributed by atoms with Crippen molar-refractivity contribution in [1.29, 1.82) is 0 Å². The van der Waals surface area contributed by atoms with Gasteiger partial charge in [-0.2, -0.15) is 0 Å². The van der Waals surface area contributed by atoms with Crippen LogP contribution in [0.4, 0.5) is 4.79 Å². The van der Waals surface area contributed by atoms with Crippen LogP contribution in [-0.4, -0.2) is 24.6 Å². The van der Waals surface area contributed by atoms with Gasteiger partial charge in [0.1, 0.15) is 6.61 Å². The fourth-order valence-corrected chi connectivity index (χ4v) is 1.73. The average Bonchev–Trinajstić information content (AvgIpc) is 2.45. The first kappa shape index (κ1) is 15.8. The van der Waals surface area contributed by atoms with E-state index in [1.165, 1.54) is 0 Å². The summed E-state index contributed by atoms with van der Waals surface area (Å²) in [6, 6.07) is 9.64. The molecule has 0 aromatic heterocycles. The Balaban J connectivity index is 2.02. The molecule has 0 aliphatic carbocycles. The fraction of sp³-hybridized carbons (Fsp3) is 0.500. The van der Waals surface area contributed by atoms with E-state index in [-0.39, 0.29) is 12.1 Å². The Morgan fingerprint density at radius 2 is 2.05 bits per heavy atom. The predicted octanol–water partition coefficient (Wildman–Crippen LogP) is 2.65. The number of nitrogens with two attached hydrogens (primary N) is 1. The van der Waals surface area contributed by atoms with E-state index in [1.807, 2.05) is 30.3 Å². The normalized spacial score (nSPS) is 11.9. The zero-order valence-corrected chi connectivity index (χ0v) is 11.7. The van der Waals surface area contributed by atoms with Gasteiger partial charge in [0, 0.05) is 18.5 Å². The molecule has 0 radical (unpaired) electrons. The van der Waals surface area contributed by atoms with Gasteiger partial charge < -0.3 is 15.8 Å². The molecule has 0 heterocycles. The highest BCUT2D eigenvalue weighted by Crippen LogP contribution is 2.01. The molecule has 0 bridgehead atoms. The Hall–Kier alpha value is -1.26. The van der Waals surface area contributed by atoms with Gasteiger partial charge in [0.15, 0.2) is 0 Å². The molecular formula is C14H21ClN2O2. The van der Waals surface area contributed by atoms with Crippen molar-refractivity contribution in [2.45, 2.75) is 31.9 Å². The van der Waals surface area contributed by atoms with Crippen LogP contribution in [0.2, 0.25) is 0 Å². The SMILES string of the molecule is N[C@H](CCl)CCCCNC(=O)OCc1ccccc1. The maximum absolute atomic E-state index is 11.4. The molecule has 1 atom stereocenters. The maximum Gasteiger partial charge on any atom is 0.407 e.